The summed E-state index contributed by atoms with van der Waals surface area (Å²) in [5.41, 5.74) is 1.80. The van der Waals surface area contributed by atoms with Gasteiger partial charge in [-0.2, -0.15) is 0 Å². The van der Waals surface area contributed by atoms with Crippen molar-refractivity contribution in [2.45, 2.75) is 6.54 Å². The van der Waals surface area contributed by atoms with E-state index in [-0.39, 0.29) is 27.9 Å². The molecule has 31 heavy (non-hydrogen) atoms. The average Bonchev–Trinajstić information content (AvgIpc) is 2.99. The van der Waals surface area contributed by atoms with Gasteiger partial charge in [0.2, 0.25) is 0 Å². The van der Waals surface area contributed by atoms with Crippen LogP contribution >= 0.6 is 46.4 Å². The fourth-order valence-electron chi connectivity index (χ4n) is 3.15. The highest BCUT2D eigenvalue weighted by Crippen LogP contribution is 2.33. The monoisotopic (exact) mass is 492 g/mol. The van der Waals surface area contributed by atoms with Crippen LogP contribution in [0.25, 0.3) is 0 Å². The van der Waals surface area contributed by atoms with Gasteiger partial charge in [0, 0.05) is 15.6 Å². The molecule has 156 valence electrons. The number of para-hydroxylation sites is 1. The van der Waals surface area contributed by atoms with Gasteiger partial charge in [0.1, 0.15) is 0 Å². The lowest BCUT2D eigenvalue weighted by Crippen LogP contribution is -2.30. The van der Waals surface area contributed by atoms with Gasteiger partial charge in [-0.3, -0.25) is 4.79 Å². The van der Waals surface area contributed by atoms with Crippen LogP contribution in [0.5, 0.6) is 0 Å². The third-order valence-electron chi connectivity index (χ3n) is 4.63. The van der Waals surface area contributed by atoms with E-state index < -0.39 is 11.9 Å². The Hall–Kier alpha value is -2.57. The Balaban J connectivity index is 1.65. The molecule has 0 saturated heterocycles. The number of halogens is 4. The molecule has 1 aliphatic rings. The highest BCUT2D eigenvalue weighted by atomic mass is 35.5. The third-order valence-corrected chi connectivity index (χ3v) is 5.84. The number of anilines is 1. The number of carbonyl (C=O) groups is 2. The quantitative estimate of drug-likeness (QED) is 0.311. The predicted molar refractivity (Wildman–Crippen MR) is 123 cm³/mol. The fourth-order valence-corrected chi connectivity index (χ4v) is 4.17. The lowest BCUT2D eigenvalue weighted by molar-refractivity contribution is -0.112. The summed E-state index contributed by atoms with van der Waals surface area (Å²) in [4.78, 5) is 32.1. The number of benzene rings is 3. The van der Waals surface area contributed by atoms with Crippen LogP contribution in [0.1, 0.15) is 21.5 Å². The summed E-state index contributed by atoms with van der Waals surface area (Å²) in [6.45, 7) is 0.190. The van der Waals surface area contributed by atoms with Crippen molar-refractivity contribution in [3.63, 3.8) is 0 Å². The molecule has 0 aromatic heterocycles. The highest BCUT2D eigenvalue weighted by Gasteiger charge is 2.35. The highest BCUT2D eigenvalue weighted by molar-refractivity contribution is 6.54. The van der Waals surface area contributed by atoms with Gasteiger partial charge in [-0.05, 0) is 35.9 Å². The van der Waals surface area contributed by atoms with Gasteiger partial charge < -0.3 is 9.74 Å². The summed E-state index contributed by atoms with van der Waals surface area (Å²) in [6.07, 6.45) is 0. The third kappa shape index (κ3) is 4.27. The normalized spacial score (nSPS) is 14.1. The zero-order chi connectivity index (χ0) is 22.1. The molecule has 0 bridgehead atoms. The Labute approximate surface area is 197 Å². The minimum absolute atomic E-state index is 0.0165. The van der Waals surface area contributed by atoms with Crippen LogP contribution in [0.4, 0.5) is 5.69 Å². The van der Waals surface area contributed by atoms with E-state index in [2.05, 4.69) is 5.16 Å². The van der Waals surface area contributed by atoms with E-state index in [4.69, 9.17) is 51.2 Å². The van der Waals surface area contributed by atoms with Crippen molar-refractivity contribution in [3.8, 4) is 0 Å². The molecule has 0 saturated carbocycles. The molecule has 3 aromatic rings. The number of rotatable bonds is 4. The molecule has 0 fully saturated rings. The lowest BCUT2D eigenvalue weighted by atomic mass is 10.1. The minimum atomic E-state index is -0.868. The van der Waals surface area contributed by atoms with E-state index in [0.29, 0.717) is 26.9 Å². The second-order valence-electron chi connectivity index (χ2n) is 6.56. The van der Waals surface area contributed by atoms with Gasteiger partial charge in [0.05, 0.1) is 27.8 Å². The molecular formula is C22H12Cl4N2O3. The Bertz CT molecular complexity index is 1220. The molecule has 0 spiro atoms. The summed E-state index contributed by atoms with van der Waals surface area (Å²) in [7, 11) is 0. The summed E-state index contributed by atoms with van der Waals surface area (Å²) in [6, 6.07) is 16.7. The zero-order valence-corrected chi connectivity index (χ0v) is 18.6. The van der Waals surface area contributed by atoms with Gasteiger partial charge in [-0.1, -0.05) is 81.9 Å². The molecule has 0 unspecified atom stereocenters. The smallest absolute Gasteiger partial charge is 0.312 e. The molecule has 0 atom stereocenters. The standard InChI is InChI=1S/C22H12Cl4N2O3/c23-13-9-8-12(17(26)10-13)11-28-18-7-2-1-4-14(18)20(21(28)29)27-31-22(30)19-15(24)5-3-6-16(19)25/h1-10H,11H2/b27-20-. The van der Waals surface area contributed by atoms with E-state index in [0.717, 1.165) is 0 Å². The van der Waals surface area contributed by atoms with Crippen LogP contribution in [0.3, 0.4) is 0 Å². The fraction of sp³-hybridized carbons (Fsp3) is 0.0455. The molecule has 1 heterocycles. The Morgan fingerprint density at radius 3 is 2.32 bits per heavy atom. The topological polar surface area (TPSA) is 59.0 Å². The van der Waals surface area contributed by atoms with Crippen molar-refractivity contribution in [3.05, 3.63) is 97.4 Å². The Morgan fingerprint density at radius 2 is 1.61 bits per heavy atom. The molecule has 3 aromatic carbocycles. The van der Waals surface area contributed by atoms with Crippen LogP contribution in [-0.4, -0.2) is 17.6 Å². The SMILES string of the molecule is O=C(O/N=C1\C(=O)N(Cc2ccc(Cl)cc2Cl)c2ccccc21)c1c(Cl)cccc1Cl. The predicted octanol–water partition coefficient (Wildman–Crippen LogP) is 6.41. The number of hydrogen-bond acceptors (Lipinski definition) is 4. The van der Waals surface area contributed by atoms with Gasteiger partial charge in [-0.15, -0.1) is 0 Å². The van der Waals surface area contributed by atoms with Crippen LogP contribution in [0.15, 0.2) is 65.8 Å². The first kappa shape index (κ1) is 21.7. The van der Waals surface area contributed by atoms with Crippen LogP contribution in [0.2, 0.25) is 20.1 Å². The van der Waals surface area contributed by atoms with Gasteiger partial charge in [0.25, 0.3) is 5.91 Å². The van der Waals surface area contributed by atoms with Gasteiger partial charge in [0.15, 0.2) is 5.71 Å². The lowest BCUT2D eigenvalue weighted by Gasteiger charge is -2.17. The van der Waals surface area contributed by atoms with E-state index >= 15 is 0 Å². The first-order chi connectivity index (χ1) is 14.9. The number of oxime groups is 1. The van der Waals surface area contributed by atoms with E-state index in [1.54, 1.807) is 48.5 Å². The first-order valence-corrected chi connectivity index (χ1v) is 10.5. The number of fused-ring (bicyclic) bond motifs is 1. The Morgan fingerprint density at radius 1 is 0.903 bits per heavy atom. The van der Waals surface area contributed by atoms with Crippen molar-refractivity contribution in [2.24, 2.45) is 5.16 Å². The van der Waals surface area contributed by atoms with Crippen molar-refractivity contribution in [1.82, 2.24) is 0 Å². The molecule has 0 aliphatic carbocycles. The summed E-state index contributed by atoms with van der Waals surface area (Å²) in [5.74, 6) is -1.31. The second kappa shape index (κ2) is 8.89. The van der Waals surface area contributed by atoms with Crippen LogP contribution < -0.4 is 4.90 Å². The van der Waals surface area contributed by atoms with Gasteiger partial charge in [-0.25, -0.2) is 4.79 Å². The van der Waals surface area contributed by atoms with Crippen molar-refractivity contribution in [2.75, 3.05) is 4.90 Å². The van der Waals surface area contributed by atoms with Crippen molar-refractivity contribution < 1.29 is 14.4 Å². The van der Waals surface area contributed by atoms with Crippen LogP contribution in [0, 0.1) is 0 Å². The summed E-state index contributed by atoms with van der Waals surface area (Å²) < 4.78 is 0. The molecule has 1 aliphatic heterocycles. The molecule has 0 radical (unpaired) electrons. The second-order valence-corrected chi connectivity index (χ2v) is 8.22. The number of nitrogens with zero attached hydrogens (tertiary/aromatic N) is 2. The van der Waals surface area contributed by atoms with Crippen molar-refractivity contribution >= 4 is 69.7 Å². The number of amides is 1. The number of carbonyl (C=O) groups excluding carboxylic acids is 2. The molecule has 9 heteroatoms. The molecule has 1 amide bonds. The summed E-state index contributed by atoms with van der Waals surface area (Å²) in [5, 5.41) is 5.01. The molecule has 0 N–H and O–H groups in total. The molecule has 5 nitrogen and oxygen atoms in total. The van der Waals surface area contributed by atoms with Crippen molar-refractivity contribution in [1.29, 1.82) is 0 Å². The summed E-state index contributed by atoms with van der Waals surface area (Å²) >= 11 is 24.3. The van der Waals surface area contributed by atoms with Gasteiger partial charge >= 0.3 is 5.97 Å². The van der Waals surface area contributed by atoms with E-state index in [1.165, 1.54) is 17.0 Å². The zero-order valence-electron chi connectivity index (χ0n) is 15.6. The number of hydrogen-bond donors (Lipinski definition) is 0. The largest absolute Gasteiger partial charge is 0.368 e. The maximum atomic E-state index is 13.1. The molecule has 4 rings (SSSR count). The maximum absolute atomic E-state index is 13.1. The van der Waals surface area contributed by atoms with E-state index in [1.807, 2.05) is 0 Å². The Kier molecular flexibility index (Phi) is 6.21. The van der Waals surface area contributed by atoms with Crippen LogP contribution in [-0.2, 0) is 16.2 Å². The molecular weight excluding hydrogens is 482 g/mol. The average molecular weight is 494 g/mol. The van der Waals surface area contributed by atoms with E-state index in [9.17, 15) is 9.59 Å². The minimum Gasteiger partial charge on any atom is -0.312 e. The first-order valence-electron chi connectivity index (χ1n) is 8.95. The maximum Gasteiger partial charge on any atom is 0.368 e.